The predicted octanol–water partition coefficient (Wildman–Crippen LogP) is 2.83. The van der Waals surface area contributed by atoms with Crippen LogP contribution in [0.15, 0.2) is 24.4 Å². The Bertz CT molecular complexity index is 990. The number of aryl methyl sites for hydroxylation is 3. The van der Waals surface area contributed by atoms with Crippen molar-refractivity contribution in [1.82, 2.24) is 14.6 Å². The summed E-state index contributed by atoms with van der Waals surface area (Å²) in [6, 6.07) is 5.53. The van der Waals surface area contributed by atoms with Crippen LogP contribution in [-0.4, -0.2) is 25.6 Å². The van der Waals surface area contributed by atoms with Crippen molar-refractivity contribution in [3.63, 3.8) is 0 Å². The molecule has 0 bridgehead atoms. The number of phenolic OH excluding ortho intramolecular Hbond substituents is 1. The molecule has 0 radical (unpaired) electrons. The number of aromatic hydroxyl groups is 1. The Kier molecular flexibility index (Phi) is 3.09. The first-order valence-electron chi connectivity index (χ1n) is 7.89. The third kappa shape index (κ3) is 2.14. The van der Waals surface area contributed by atoms with Crippen molar-refractivity contribution in [2.24, 2.45) is 0 Å². The van der Waals surface area contributed by atoms with Crippen molar-refractivity contribution in [2.75, 3.05) is 5.32 Å². The Labute approximate surface area is 139 Å². The molecule has 1 aliphatic heterocycles. The number of fused-ring (bicyclic) bond motifs is 2. The Morgan fingerprint density at radius 1 is 1.21 bits per heavy atom. The fraction of sp³-hybridized carbons (Fsp3) is 0.278. The van der Waals surface area contributed by atoms with E-state index in [-0.39, 0.29) is 17.6 Å². The van der Waals surface area contributed by atoms with E-state index >= 15 is 0 Å². The molecule has 6 heteroatoms. The molecule has 0 aliphatic carbocycles. The Balaban J connectivity index is 1.95. The maximum Gasteiger partial charge on any atom is 0.225 e. The minimum absolute atomic E-state index is 0.0699. The van der Waals surface area contributed by atoms with Crippen LogP contribution in [0.1, 0.15) is 40.4 Å². The highest BCUT2D eigenvalue weighted by molar-refractivity contribution is 5.96. The van der Waals surface area contributed by atoms with Gasteiger partial charge in [-0.2, -0.15) is 5.10 Å². The van der Waals surface area contributed by atoms with Crippen molar-refractivity contribution < 1.29 is 9.90 Å². The third-order valence-corrected chi connectivity index (χ3v) is 4.59. The number of phenols is 1. The number of rotatable bonds is 1. The highest BCUT2D eigenvalue weighted by atomic mass is 16.3. The van der Waals surface area contributed by atoms with Crippen LogP contribution in [0.5, 0.6) is 5.75 Å². The molecule has 3 heterocycles. The fourth-order valence-corrected chi connectivity index (χ4v) is 3.42. The van der Waals surface area contributed by atoms with Gasteiger partial charge in [0.05, 0.1) is 6.20 Å². The minimum atomic E-state index is -0.126. The van der Waals surface area contributed by atoms with Gasteiger partial charge in [-0.25, -0.2) is 9.50 Å². The van der Waals surface area contributed by atoms with E-state index in [2.05, 4.69) is 15.4 Å². The second-order valence-corrected chi connectivity index (χ2v) is 6.41. The molecular weight excluding hydrogens is 304 g/mol. The fourth-order valence-electron chi connectivity index (χ4n) is 3.42. The van der Waals surface area contributed by atoms with Crippen LogP contribution in [0.2, 0.25) is 0 Å². The van der Waals surface area contributed by atoms with Gasteiger partial charge in [-0.15, -0.1) is 0 Å². The molecule has 1 aromatic carbocycles. The molecule has 3 aromatic rings. The highest BCUT2D eigenvalue weighted by Crippen LogP contribution is 2.41. The number of aromatic nitrogens is 3. The first kappa shape index (κ1) is 14.7. The van der Waals surface area contributed by atoms with Crippen molar-refractivity contribution in [1.29, 1.82) is 0 Å². The Morgan fingerprint density at radius 3 is 2.79 bits per heavy atom. The lowest BCUT2D eigenvalue weighted by Gasteiger charge is -2.26. The first-order valence-corrected chi connectivity index (χ1v) is 7.89. The number of hydrogen-bond acceptors (Lipinski definition) is 4. The van der Waals surface area contributed by atoms with Crippen LogP contribution in [-0.2, 0) is 4.79 Å². The lowest BCUT2D eigenvalue weighted by Crippen LogP contribution is -2.23. The number of anilines is 1. The summed E-state index contributed by atoms with van der Waals surface area (Å²) in [6.07, 6.45) is 2.14. The molecule has 0 saturated heterocycles. The van der Waals surface area contributed by atoms with E-state index < -0.39 is 0 Å². The van der Waals surface area contributed by atoms with Gasteiger partial charge >= 0.3 is 0 Å². The second-order valence-electron chi connectivity index (χ2n) is 6.41. The summed E-state index contributed by atoms with van der Waals surface area (Å²) < 4.78 is 1.81. The van der Waals surface area contributed by atoms with Gasteiger partial charge in [-0.1, -0.05) is 0 Å². The number of nitrogens with one attached hydrogen (secondary N) is 1. The summed E-state index contributed by atoms with van der Waals surface area (Å²) in [5.74, 6) is -0.0156. The summed E-state index contributed by atoms with van der Waals surface area (Å²) in [5.41, 5.74) is 6.07. The molecule has 2 aromatic heterocycles. The van der Waals surface area contributed by atoms with Crippen LogP contribution in [0.4, 0.5) is 5.69 Å². The van der Waals surface area contributed by atoms with Crippen molar-refractivity contribution in [3.05, 3.63) is 52.5 Å². The van der Waals surface area contributed by atoms with E-state index in [0.29, 0.717) is 12.1 Å². The van der Waals surface area contributed by atoms with Crippen molar-refractivity contribution in [3.8, 4) is 5.75 Å². The van der Waals surface area contributed by atoms with Gasteiger partial charge in [-0.3, -0.25) is 4.79 Å². The maximum absolute atomic E-state index is 12.2. The van der Waals surface area contributed by atoms with Crippen LogP contribution in [0, 0.1) is 20.8 Å². The number of hydrogen-bond donors (Lipinski definition) is 2. The largest absolute Gasteiger partial charge is 0.508 e. The molecule has 1 amide bonds. The number of nitrogens with zero attached hydrogens (tertiary/aromatic N) is 3. The van der Waals surface area contributed by atoms with Crippen molar-refractivity contribution in [2.45, 2.75) is 33.1 Å². The van der Waals surface area contributed by atoms with E-state index in [4.69, 9.17) is 0 Å². The molecule has 24 heavy (non-hydrogen) atoms. The molecule has 4 rings (SSSR count). The molecule has 0 saturated carbocycles. The normalized spacial score (nSPS) is 17.0. The van der Waals surface area contributed by atoms with Gasteiger partial charge in [-0.05, 0) is 44.0 Å². The van der Waals surface area contributed by atoms with Gasteiger partial charge in [0.2, 0.25) is 5.91 Å². The molecule has 0 fully saturated rings. The SMILES string of the molecule is Cc1cc(C)n2ncc([C@@H]3CC(=O)Nc4cc(O)c(C)cc43)c2n1. The standard InChI is InChI=1S/C18H18N4O2/c1-9-4-13-12(6-17(24)21-15(13)7-16(9)23)14-8-19-22-11(3)5-10(2)20-18(14)22/h4-5,7-8,12,23H,6H2,1-3H3,(H,21,24)/t12-/m1/s1. The third-order valence-electron chi connectivity index (χ3n) is 4.59. The quantitative estimate of drug-likeness (QED) is 0.722. The van der Waals surface area contributed by atoms with Gasteiger partial charge in [0.15, 0.2) is 5.65 Å². The lowest BCUT2D eigenvalue weighted by atomic mass is 9.85. The zero-order chi connectivity index (χ0) is 17.0. The van der Waals surface area contributed by atoms with Gasteiger partial charge in [0.1, 0.15) is 5.75 Å². The molecular formula is C18H18N4O2. The van der Waals surface area contributed by atoms with E-state index in [1.807, 2.05) is 37.4 Å². The average Bonchev–Trinajstić information content (AvgIpc) is 2.92. The van der Waals surface area contributed by atoms with Gasteiger partial charge < -0.3 is 10.4 Å². The topological polar surface area (TPSA) is 79.5 Å². The molecule has 0 spiro atoms. The minimum Gasteiger partial charge on any atom is -0.508 e. The Hall–Kier alpha value is -2.89. The first-order chi connectivity index (χ1) is 11.4. The molecule has 2 N–H and O–H groups in total. The van der Waals surface area contributed by atoms with E-state index in [9.17, 15) is 9.90 Å². The summed E-state index contributed by atoms with van der Waals surface area (Å²) in [5, 5.41) is 17.2. The van der Waals surface area contributed by atoms with Gasteiger partial charge in [0.25, 0.3) is 0 Å². The van der Waals surface area contributed by atoms with E-state index in [1.54, 1.807) is 12.3 Å². The van der Waals surface area contributed by atoms with Crippen LogP contribution < -0.4 is 5.32 Å². The smallest absolute Gasteiger partial charge is 0.225 e. The monoisotopic (exact) mass is 322 g/mol. The van der Waals surface area contributed by atoms with Crippen molar-refractivity contribution >= 4 is 17.2 Å². The summed E-state index contributed by atoms with van der Waals surface area (Å²) in [4.78, 5) is 16.8. The predicted molar refractivity (Wildman–Crippen MR) is 90.4 cm³/mol. The highest BCUT2D eigenvalue weighted by Gasteiger charge is 2.30. The zero-order valence-corrected chi connectivity index (χ0v) is 13.8. The van der Waals surface area contributed by atoms with E-state index in [1.165, 1.54) is 0 Å². The maximum atomic E-state index is 12.2. The summed E-state index contributed by atoms with van der Waals surface area (Å²) in [7, 11) is 0. The van der Waals surface area contributed by atoms with E-state index in [0.717, 1.165) is 33.7 Å². The average molecular weight is 322 g/mol. The zero-order valence-electron chi connectivity index (χ0n) is 13.8. The lowest BCUT2D eigenvalue weighted by molar-refractivity contribution is -0.116. The molecule has 122 valence electrons. The molecule has 6 nitrogen and oxygen atoms in total. The van der Waals surface area contributed by atoms with Crippen LogP contribution in [0.25, 0.3) is 5.65 Å². The number of benzene rings is 1. The second kappa shape index (κ2) is 5.06. The summed E-state index contributed by atoms with van der Waals surface area (Å²) >= 11 is 0. The number of carbonyl (C=O) groups is 1. The molecule has 1 aliphatic rings. The Morgan fingerprint density at radius 2 is 2.00 bits per heavy atom. The number of amides is 1. The molecule has 1 atom stereocenters. The molecule has 0 unspecified atom stereocenters. The van der Waals surface area contributed by atoms with Gasteiger partial charge in [0, 0.05) is 41.0 Å². The van der Waals surface area contributed by atoms with Crippen LogP contribution in [0.3, 0.4) is 0 Å². The van der Waals surface area contributed by atoms with Crippen LogP contribution >= 0.6 is 0 Å². The summed E-state index contributed by atoms with van der Waals surface area (Å²) in [6.45, 7) is 5.79. The number of carbonyl (C=O) groups excluding carboxylic acids is 1.